The summed E-state index contributed by atoms with van der Waals surface area (Å²) in [4.78, 5) is 46.3. The Kier molecular flexibility index (Phi) is 8.48. The van der Waals surface area contributed by atoms with Gasteiger partial charge in [0, 0.05) is 11.3 Å². The predicted molar refractivity (Wildman–Crippen MR) is 165 cm³/mol. The van der Waals surface area contributed by atoms with E-state index in [0.717, 1.165) is 27.6 Å². The molecule has 0 spiro atoms. The van der Waals surface area contributed by atoms with Crippen molar-refractivity contribution in [3.8, 4) is 11.1 Å². The van der Waals surface area contributed by atoms with Gasteiger partial charge in [0.05, 0.1) is 18.0 Å². The lowest BCUT2D eigenvalue weighted by atomic mass is 9.95. The highest BCUT2D eigenvalue weighted by Gasteiger charge is 2.37. The van der Waals surface area contributed by atoms with Gasteiger partial charge in [-0.2, -0.15) is 0 Å². The summed E-state index contributed by atoms with van der Waals surface area (Å²) < 4.78 is 5.67. The third kappa shape index (κ3) is 5.68. The number of benzene rings is 3. The molecule has 0 saturated heterocycles. The number of nitrogens with zero attached hydrogens (tertiary/aromatic N) is 2. The number of ether oxygens (including phenoxy) is 1. The fourth-order valence-electron chi connectivity index (χ4n) is 5.64. The van der Waals surface area contributed by atoms with E-state index in [9.17, 15) is 14.4 Å². The van der Waals surface area contributed by atoms with Crippen LogP contribution < -0.4 is 10.2 Å². The lowest BCUT2D eigenvalue weighted by Gasteiger charge is -2.34. The van der Waals surface area contributed by atoms with Gasteiger partial charge in [-0.1, -0.05) is 86.7 Å². The molecule has 2 atom stereocenters. The average molecular weight is 561 g/mol. The number of alkyl carbamates (subject to hydrolysis) is 1. The van der Waals surface area contributed by atoms with Crippen LogP contribution in [0.1, 0.15) is 37.8 Å². The van der Waals surface area contributed by atoms with Crippen LogP contribution in [0.3, 0.4) is 0 Å². The molecular weight excluding hydrogens is 526 g/mol. The highest BCUT2D eigenvalue weighted by Crippen LogP contribution is 2.44. The van der Waals surface area contributed by atoms with E-state index in [4.69, 9.17) is 9.72 Å². The van der Waals surface area contributed by atoms with Crippen molar-refractivity contribution in [1.82, 2.24) is 10.3 Å². The first-order chi connectivity index (χ1) is 20.3. The number of ketones is 1. The van der Waals surface area contributed by atoms with Crippen molar-refractivity contribution in [1.29, 1.82) is 0 Å². The van der Waals surface area contributed by atoms with Crippen LogP contribution in [0.25, 0.3) is 22.0 Å². The number of nitrogens with one attached hydrogen (secondary N) is 1. The monoisotopic (exact) mass is 560 g/mol. The van der Waals surface area contributed by atoms with E-state index < -0.39 is 24.1 Å². The molecule has 4 aromatic rings. The molecule has 1 aliphatic carbocycles. The van der Waals surface area contributed by atoms with Crippen molar-refractivity contribution in [2.24, 2.45) is 5.92 Å². The molecule has 1 aromatic heterocycles. The standard InChI is InChI=1S/C35H34N3O4/c1-5-12-31(39)33(22(2)3)38(32-20-19-24-13-6-11-18-30(24)37-32)34(40)23(4)36-35(41)42-21-29-27-16-9-7-14-25(27)26-15-8-10-17-28(26)29/h5-20,22-23,29,33H,1,21H2,2-4H3,(H,36,41)/t23-,33-/m0/s1. The molecule has 1 aliphatic rings. The van der Waals surface area contributed by atoms with Crippen molar-refractivity contribution in [2.75, 3.05) is 11.5 Å². The first-order valence-electron chi connectivity index (χ1n) is 14.1. The van der Waals surface area contributed by atoms with E-state index in [-0.39, 0.29) is 24.2 Å². The number of fused-ring (bicyclic) bond motifs is 4. The van der Waals surface area contributed by atoms with Gasteiger partial charge in [-0.05, 0) is 53.3 Å². The Morgan fingerprint density at radius 3 is 2.17 bits per heavy atom. The molecule has 7 heteroatoms. The molecular formula is C35H34N3O4. The van der Waals surface area contributed by atoms with Gasteiger partial charge in [0.15, 0.2) is 5.78 Å². The van der Waals surface area contributed by atoms with Crippen LogP contribution in [-0.4, -0.2) is 41.5 Å². The maximum absolute atomic E-state index is 14.0. The number of hydrogen-bond acceptors (Lipinski definition) is 5. The number of carbonyl (C=O) groups excluding carboxylic acids is 3. The van der Waals surface area contributed by atoms with Crippen molar-refractivity contribution in [3.63, 3.8) is 0 Å². The third-order valence-electron chi connectivity index (χ3n) is 7.60. The third-order valence-corrected chi connectivity index (χ3v) is 7.60. The maximum Gasteiger partial charge on any atom is 0.407 e. The number of hydrogen-bond donors (Lipinski definition) is 1. The summed E-state index contributed by atoms with van der Waals surface area (Å²) in [6.07, 6.45) is 2.05. The number of para-hydroxylation sites is 1. The summed E-state index contributed by atoms with van der Waals surface area (Å²) in [5.41, 5.74) is 5.14. The summed E-state index contributed by atoms with van der Waals surface area (Å²) >= 11 is 0. The second-order valence-electron chi connectivity index (χ2n) is 10.8. The number of allylic oxidation sites excluding steroid dienone is 1. The highest BCUT2D eigenvalue weighted by molar-refractivity contribution is 6.07. The molecule has 2 amide bonds. The topological polar surface area (TPSA) is 88.6 Å². The van der Waals surface area contributed by atoms with E-state index >= 15 is 0 Å². The Hall–Kier alpha value is -4.78. The van der Waals surface area contributed by atoms with E-state index in [1.165, 1.54) is 17.4 Å². The van der Waals surface area contributed by atoms with Crippen LogP contribution in [0.2, 0.25) is 0 Å². The van der Waals surface area contributed by atoms with Gasteiger partial charge in [-0.15, -0.1) is 6.58 Å². The van der Waals surface area contributed by atoms with Crippen molar-refractivity contribution < 1.29 is 19.1 Å². The molecule has 3 aromatic carbocycles. The first-order valence-corrected chi connectivity index (χ1v) is 14.1. The van der Waals surface area contributed by atoms with Crippen molar-refractivity contribution >= 4 is 34.5 Å². The Morgan fingerprint density at radius 1 is 0.905 bits per heavy atom. The quantitative estimate of drug-likeness (QED) is 0.240. The Labute approximate surface area is 246 Å². The van der Waals surface area contributed by atoms with Gasteiger partial charge in [-0.3, -0.25) is 14.5 Å². The van der Waals surface area contributed by atoms with Gasteiger partial charge in [0.2, 0.25) is 0 Å². The second-order valence-corrected chi connectivity index (χ2v) is 10.8. The minimum Gasteiger partial charge on any atom is -0.449 e. The zero-order valence-corrected chi connectivity index (χ0v) is 24.0. The molecule has 42 heavy (non-hydrogen) atoms. The number of anilines is 1. The molecule has 1 N–H and O–H groups in total. The Balaban J connectivity index is 1.36. The molecule has 213 valence electrons. The summed E-state index contributed by atoms with van der Waals surface area (Å²) in [7, 11) is 0. The van der Waals surface area contributed by atoms with Crippen LogP contribution >= 0.6 is 0 Å². The highest BCUT2D eigenvalue weighted by atomic mass is 16.5. The molecule has 7 nitrogen and oxygen atoms in total. The Morgan fingerprint density at radius 2 is 1.52 bits per heavy atom. The fraction of sp³-hybridized carbons (Fsp3) is 0.229. The molecule has 1 radical (unpaired) electrons. The molecule has 0 aliphatic heterocycles. The number of aromatic nitrogens is 1. The predicted octanol–water partition coefficient (Wildman–Crippen LogP) is 6.48. The number of carbonyl (C=O) groups is 3. The smallest absolute Gasteiger partial charge is 0.407 e. The summed E-state index contributed by atoms with van der Waals surface area (Å²) in [6.45, 7) is 9.08. The zero-order chi connectivity index (χ0) is 29.8. The van der Waals surface area contributed by atoms with Gasteiger partial charge in [-0.25, -0.2) is 9.78 Å². The largest absolute Gasteiger partial charge is 0.449 e. The lowest BCUT2D eigenvalue weighted by Crippen LogP contribution is -2.55. The van der Waals surface area contributed by atoms with E-state index in [1.807, 2.05) is 80.6 Å². The first kappa shape index (κ1) is 28.7. The van der Waals surface area contributed by atoms with Crippen molar-refractivity contribution in [3.05, 3.63) is 115 Å². The molecule has 0 fully saturated rings. The maximum atomic E-state index is 14.0. The minimum absolute atomic E-state index is 0.107. The molecule has 0 saturated carbocycles. The van der Waals surface area contributed by atoms with Crippen LogP contribution in [-0.2, 0) is 14.3 Å². The van der Waals surface area contributed by atoms with Crippen molar-refractivity contribution in [2.45, 2.75) is 38.8 Å². The van der Waals surface area contributed by atoms with E-state index in [2.05, 4.69) is 24.0 Å². The van der Waals surface area contributed by atoms with Crippen LogP contribution in [0, 0.1) is 12.3 Å². The van der Waals surface area contributed by atoms with E-state index in [1.54, 1.807) is 13.0 Å². The lowest BCUT2D eigenvalue weighted by molar-refractivity contribution is -0.125. The fourth-order valence-corrected chi connectivity index (χ4v) is 5.64. The van der Waals surface area contributed by atoms with Gasteiger partial charge in [0.25, 0.3) is 5.91 Å². The molecule has 1 heterocycles. The van der Waals surface area contributed by atoms with Gasteiger partial charge >= 0.3 is 6.09 Å². The van der Waals surface area contributed by atoms with Crippen LogP contribution in [0.15, 0.2) is 97.6 Å². The minimum atomic E-state index is -0.994. The summed E-state index contributed by atoms with van der Waals surface area (Å²) in [5, 5.41) is 3.59. The Bertz CT molecular complexity index is 1600. The molecule has 0 bridgehead atoms. The van der Waals surface area contributed by atoms with Crippen LogP contribution in [0.4, 0.5) is 10.6 Å². The van der Waals surface area contributed by atoms with Crippen LogP contribution in [0.5, 0.6) is 0 Å². The normalized spacial score (nSPS) is 13.6. The number of Topliss-reactive ketones (excluding diaryl/α,β-unsaturated/α-hetero) is 1. The second kappa shape index (κ2) is 12.4. The summed E-state index contributed by atoms with van der Waals surface area (Å²) in [6, 6.07) is 25.5. The summed E-state index contributed by atoms with van der Waals surface area (Å²) in [5.74, 6) is -0.783. The SMILES string of the molecule is C=C[CH]C(=O)[C@H](C(C)C)N(C(=O)[C@H](C)NC(=O)OCC1c2ccccc2-c2ccccc21)c1ccc2ccccc2n1. The van der Waals surface area contributed by atoms with Gasteiger partial charge in [0.1, 0.15) is 18.5 Å². The molecule has 5 rings (SSSR count). The molecule has 0 unspecified atom stereocenters. The number of amides is 2. The number of pyridine rings is 1. The van der Waals surface area contributed by atoms with Gasteiger partial charge < -0.3 is 10.1 Å². The number of rotatable bonds is 10. The zero-order valence-electron chi connectivity index (χ0n) is 24.0. The average Bonchev–Trinajstić information content (AvgIpc) is 3.31. The van der Waals surface area contributed by atoms with E-state index in [0.29, 0.717) is 11.3 Å².